The van der Waals surface area contributed by atoms with Gasteiger partial charge in [-0.1, -0.05) is 11.6 Å². The molecule has 0 aliphatic heterocycles. The lowest BCUT2D eigenvalue weighted by molar-refractivity contribution is 0.688. The van der Waals surface area contributed by atoms with Gasteiger partial charge in [-0.05, 0) is 27.6 Å². The lowest BCUT2D eigenvalue weighted by Gasteiger charge is -2.00. The van der Waals surface area contributed by atoms with Crippen molar-refractivity contribution < 1.29 is 0 Å². The Balaban J connectivity index is 2.22. The number of hydrogen-bond acceptors (Lipinski definition) is 3. The molecule has 2 aromatic heterocycles. The number of hydrogen-bond donors (Lipinski definition) is 1. The molecule has 2 aromatic rings. The van der Waals surface area contributed by atoms with Crippen LogP contribution in [0, 0.1) is 0 Å². The molecule has 4 nitrogen and oxygen atoms in total. The molecule has 0 aliphatic carbocycles. The molecule has 0 saturated heterocycles. The second-order valence-electron chi connectivity index (χ2n) is 3.07. The molecule has 0 bridgehead atoms. The molecular formula is C9H8BrClN4. The first-order chi connectivity index (χ1) is 7.15. The molecule has 0 unspecified atom stereocenters. The van der Waals surface area contributed by atoms with Crippen LogP contribution in [-0.2, 0) is 6.54 Å². The second kappa shape index (κ2) is 4.20. The fraction of sp³-hybridized carbons (Fsp3) is 0.111. The number of pyridine rings is 1. The highest BCUT2D eigenvalue weighted by Crippen LogP contribution is 2.17. The molecule has 0 fully saturated rings. The predicted molar refractivity (Wildman–Crippen MR) is 62.7 cm³/mol. The van der Waals surface area contributed by atoms with Crippen LogP contribution >= 0.6 is 27.5 Å². The highest BCUT2D eigenvalue weighted by Gasteiger charge is 2.03. The van der Waals surface area contributed by atoms with Crippen LogP contribution in [0.5, 0.6) is 0 Å². The molecule has 15 heavy (non-hydrogen) atoms. The highest BCUT2D eigenvalue weighted by molar-refractivity contribution is 9.10. The van der Waals surface area contributed by atoms with E-state index in [1.54, 1.807) is 17.1 Å². The van der Waals surface area contributed by atoms with Crippen LogP contribution in [0.3, 0.4) is 0 Å². The van der Waals surface area contributed by atoms with E-state index in [-0.39, 0.29) is 0 Å². The summed E-state index contributed by atoms with van der Waals surface area (Å²) in [6.45, 7) is 0.601. The minimum absolute atomic E-state index is 0.477. The van der Waals surface area contributed by atoms with Crippen LogP contribution in [0.25, 0.3) is 0 Å². The molecule has 0 spiro atoms. The number of rotatable bonds is 2. The van der Waals surface area contributed by atoms with Crippen molar-refractivity contribution in [3.05, 3.63) is 39.7 Å². The first-order valence-electron chi connectivity index (χ1n) is 4.23. The lowest BCUT2D eigenvalue weighted by Crippen LogP contribution is -2.01. The van der Waals surface area contributed by atoms with Crippen LogP contribution in [0.4, 0.5) is 5.82 Å². The number of nitrogens with two attached hydrogens (primary N) is 1. The van der Waals surface area contributed by atoms with Crippen molar-refractivity contribution in [3.63, 3.8) is 0 Å². The quantitative estimate of drug-likeness (QED) is 0.922. The number of nitrogen functional groups attached to an aromatic ring is 1. The first kappa shape index (κ1) is 10.4. The number of halogens is 2. The first-order valence-corrected chi connectivity index (χ1v) is 5.40. The zero-order valence-corrected chi connectivity index (χ0v) is 10.0. The van der Waals surface area contributed by atoms with Gasteiger partial charge in [-0.2, -0.15) is 5.10 Å². The van der Waals surface area contributed by atoms with Gasteiger partial charge in [0.2, 0.25) is 0 Å². The Morgan fingerprint density at radius 3 is 2.87 bits per heavy atom. The van der Waals surface area contributed by atoms with Crippen LogP contribution in [-0.4, -0.2) is 14.8 Å². The summed E-state index contributed by atoms with van der Waals surface area (Å²) in [6.07, 6.45) is 5.16. The predicted octanol–water partition coefficient (Wildman–Crippen LogP) is 2.32. The maximum atomic E-state index is 5.82. The van der Waals surface area contributed by atoms with Gasteiger partial charge < -0.3 is 5.73 Å². The second-order valence-corrected chi connectivity index (χ2v) is 4.36. The van der Waals surface area contributed by atoms with E-state index in [1.165, 1.54) is 0 Å². The van der Waals surface area contributed by atoms with E-state index in [9.17, 15) is 0 Å². The Bertz CT molecular complexity index is 463. The summed E-state index contributed by atoms with van der Waals surface area (Å²) in [5, 5.41) is 4.73. The molecule has 0 aliphatic rings. The van der Waals surface area contributed by atoms with Crippen molar-refractivity contribution in [1.29, 1.82) is 0 Å². The average molecular weight is 288 g/mol. The third kappa shape index (κ3) is 2.49. The Morgan fingerprint density at radius 2 is 2.27 bits per heavy atom. The Morgan fingerprint density at radius 1 is 1.47 bits per heavy atom. The van der Waals surface area contributed by atoms with E-state index in [0.29, 0.717) is 17.4 Å². The third-order valence-electron chi connectivity index (χ3n) is 1.85. The summed E-state index contributed by atoms with van der Waals surface area (Å²) in [4.78, 5) is 3.99. The lowest BCUT2D eigenvalue weighted by atomic mass is 10.3. The monoisotopic (exact) mass is 286 g/mol. The van der Waals surface area contributed by atoms with E-state index in [4.69, 9.17) is 17.3 Å². The molecule has 0 amide bonds. The van der Waals surface area contributed by atoms with Crippen LogP contribution in [0.2, 0.25) is 5.02 Å². The molecule has 0 radical (unpaired) electrons. The van der Waals surface area contributed by atoms with Crippen molar-refractivity contribution >= 4 is 33.3 Å². The Hall–Kier alpha value is -1.07. The Labute approximate surface area is 100 Å². The third-order valence-corrected chi connectivity index (χ3v) is 2.67. The van der Waals surface area contributed by atoms with E-state index in [0.717, 1.165) is 10.0 Å². The fourth-order valence-corrected chi connectivity index (χ4v) is 1.73. The zero-order valence-electron chi connectivity index (χ0n) is 7.69. The van der Waals surface area contributed by atoms with E-state index < -0.39 is 0 Å². The van der Waals surface area contributed by atoms with Crippen LogP contribution in [0.15, 0.2) is 29.1 Å². The van der Waals surface area contributed by atoms with Gasteiger partial charge in [0, 0.05) is 18.6 Å². The maximum Gasteiger partial charge on any atom is 0.159 e. The molecule has 2 rings (SSSR count). The summed E-state index contributed by atoms with van der Waals surface area (Å²) < 4.78 is 2.52. The normalized spacial score (nSPS) is 10.5. The largest absolute Gasteiger partial charge is 0.381 e. The molecule has 2 heterocycles. The van der Waals surface area contributed by atoms with Gasteiger partial charge in [0.05, 0.1) is 16.0 Å². The number of anilines is 1. The summed E-state index contributed by atoms with van der Waals surface area (Å²) >= 11 is 9.12. The maximum absolute atomic E-state index is 5.82. The number of nitrogens with zero attached hydrogens (tertiary/aromatic N) is 3. The molecule has 78 valence electrons. The summed E-state index contributed by atoms with van der Waals surface area (Å²) in [6, 6.07) is 1.85. The fourth-order valence-electron chi connectivity index (χ4n) is 1.22. The van der Waals surface area contributed by atoms with Crippen LogP contribution < -0.4 is 5.73 Å². The number of aromatic nitrogens is 3. The average Bonchev–Trinajstić information content (AvgIpc) is 2.45. The van der Waals surface area contributed by atoms with Gasteiger partial charge >= 0.3 is 0 Å². The Kier molecular flexibility index (Phi) is 2.93. The van der Waals surface area contributed by atoms with Gasteiger partial charge in [0.25, 0.3) is 0 Å². The van der Waals surface area contributed by atoms with Crippen molar-refractivity contribution in [3.8, 4) is 0 Å². The standard InChI is InChI=1S/C9H8BrClN4/c10-8-5-15(14-9(8)12)4-6-1-7(11)3-13-2-6/h1-3,5H,4H2,(H2,12,14). The van der Waals surface area contributed by atoms with Crippen molar-refractivity contribution in [2.75, 3.05) is 5.73 Å². The molecule has 0 aromatic carbocycles. The van der Waals surface area contributed by atoms with Crippen molar-refractivity contribution in [1.82, 2.24) is 14.8 Å². The van der Waals surface area contributed by atoms with Gasteiger partial charge in [-0.15, -0.1) is 0 Å². The van der Waals surface area contributed by atoms with E-state index in [1.807, 2.05) is 12.3 Å². The summed E-state index contributed by atoms with van der Waals surface area (Å²) in [7, 11) is 0. The smallest absolute Gasteiger partial charge is 0.159 e. The minimum atomic E-state index is 0.477. The topological polar surface area (TPSA) is 56.7 Å². The van der Waals surface area contributed by atoms with Crippen molar-refractivity contribution in [2.45, 2.75) is 6.54 Å². The zero-order chi connectivity index (χ0) is 10.8. The van der Waals surface area contributed by atoms with Crippen molar-refractivity contribution in [2.24, 2.45) is 0 Å². The van der Waals surface area contributed by atoms with E-state index in [2.05, 4.69) is 26.0 Å². The molecular weight excluding hydrogens is 279 g/mol. The molecule has 0 saturated carbocycles. The highest BCUT2D eigenvalue weighted by atomic mass is 79.9. The summed E-state index contributed by atoms with van der Waals surface area (Å²) in [5.74, 6) is 0.477. The molecule has 6 heteroatoms. The van der Waals surface area contributed by atoms with Gasteiger partial charge in [0.1, 0.15) is 0 Å². The van der Waals surface area contributed by atoms with Gasteiger partial charge in [-0.3, -0.25) is 9.67 Å². The van der Waals surface area contributed by atoms with Gasteiger partial charge in [-0.25, -0.2) is 0 Å². The van der Waals surface area contributed by atoms with Crippen LogP contribution in [0.1, 0.15) is 5.56 Å². The molecule has 2 N–H and O–H groups in total. The SMILES string of the molecule is Nc1nn(Cc2cncc(Cl)c2)cc1Br. The summed E-state index contributed by atoms with van der Waals surface area (Å²) in [5.41, 5.74) is 6.59. The minimum Gasteiger partial charge on any atom is -0.381 e. The van der Waals surface area contributed by atoms with E-state index >= 15 is 0 Å². The molecule has 0 atom stereocenters. The van der Waals surface area contributed by atoms with Gasteiger partial charge in [0.15, 0.2) is 5.82 Å².